The van der Waals surface area contributed by atoms with E-state index in [4.69, 9.17) is 9.47 Å². The van der Waals surface area contributed by atoms with Crippen molar-refractivity contribution in [2.45, 2.75) is 25.6 Å². The molecule has 0 aliphatic carbocycles. The second kappa shape index (κ2) is 5.38. The number of hydrogen-bond donors (Lipinski definition) is 1. The zero-order valence-electron chi connectivity index (χ0n) is 10.0. The largest absolute Gasteiger partial charge is 0.490 e. The van der Waals surface area contributed by atoms with Crippen molar-refractivity contribution >= 4 is 15.9 Å². The number of aliphatic hydroxyl groups excluding tert-OH is 1. The average Bonchev–Trinajstić information content (AvgIpc) is 2.28. The van der Waals surface area contributed by atoms with Crippen LogP contribution in [0.4, 0.5) is 0 Å². The average molecular weight is 301 g/mol. The van der Waals surface area contributed by atoms with E-state index in [0.29, 0.717) is 13.0 Å². The molecule has 1 aromatic carbocycles. The minimum Gasteiger partial charge on any atom is -0.490 e. The maximum Gasteiger partial charge on any atom is 0.126 e. The lowest BCUT2D eigenvalue weighted by atomic mass is 9.93. The van der Waals surface area contributed by atoms with E-state index in [-0.39, 0.29) is 12.0 Å². The van der Waals surface area contributed by atoms with E-state index in [2.05, 4.69) is 22.9 Å². The van der Waals surface area contributed by atoms with E-state index in [1.807, 2.05) is 18.2 Å². The van der Waals surface area contributed by atoms with Crippen molar-refractivity contribution in [2.75, 3.05) is 13.7 Å². The maximum absolute atomic E-state index is 10.1. The Hall–Kier alpha value is -0.580. The molecule has 0 aromatic heterocycles. The van der Waals surface area contributed by atoms with Crippen LogP contribution in [0, 0.1) is 5.92 Å². The van der Waals surface area contributed by atoms with E-state index in [1.165, 1.54) is 0 Å². The van der Waals surface area contributed by atoms with Crippen molar-refractivity contribution in [1.82, 2.24) is 0 Å². The highest BCUT2D eigenvalue weighted by Gasteiger charge is 2.30. The Kier molecular flexibility index (Phi) is 4.07. The molecule has 0 bridgehead atoms. The predicted molar refractivity (Wildman–Crippen MR) is 69.2 cm³/mol. The van der Waals surface area contributed by atoms with Crippen LogP contribution in [0.5, 0.6) is 5.75 Å². The van der Waals surface area contributed by atoms with Gasteiger partial charge in [0.15, 0.2) is 0 Å². The molecule has 0 saturated carbocycles. The second-order valence-corrected chi connectivity index (χ2v) is 5.44. The molecule has 4 heteroatoms. The summed E-state index contributed by atoms with van der Waals surface area (Å²) in [6, 6.07) is 5.73. The zero-order valence-corrected chi connectivity index (χ0v) is 11.6. The molecule has 1 aromatic rings. The Morgan fingerprint density at radius 1 is 1.59 bits per heavy atom. The highest BCUT2D eigenvalue weighted by molar-refractivity contribution is 9.10. The first-order chi connectivity index (χ1) is 8.11. The molecular weight excluding hydrogens is 284 g/mol. The van der Waals surface area contributed by atoms with Crippen LogP contribution >= 0.6 is 15.9 Å². The minimum atomic E-state index is -0.448. The lowest BCUT2D eigenvalue weighted by Crippen LogP contribution is -2.33. The van der Waals surface area contributed by atoms with Gasteiger partial charge in [0.1, 0.15) is 11.9 Å². The van der Waals surface area contributed by atoms with Crippen LogP contribution < -0.4 is 4.74 Å². The molecular formula is C13H17BrO3. The molecule has 3 nitrogen and oxygen atoms in total. The molecule has 1 N–H and O–H groups in total. The fourth-order valence-electron chi connectivity index (χ4n) is 2.16. The van der Waals surface area contributed by atoms with E-state index in [0.717, 1.165) is 15.8 Å². The summed E-state index contributed by atoms with van der Waals surface area (Å²) >= 11 is 3.41. The SMILES string of the molecule is COCC(C)C1C[C@H](O)c2ccc(Br)cc2O1. The fraction of sp³-hybridized carbons (Fsp3) is 0.538. The first-order valence-electron chi connectivity index (χ1n) is 5.75. The molecule has 1 heterocycles. The molecule has 0 radical (unpaired) electrons. The smallest absolute Gasteiger partial charge is 0.126 e. The molecule has 1 aliphatic rings. The second-order valence-electron chi connectivity index (χ2n) is 4.52. The van der Waals surface area contributed by atoms with Crippen LogP contribution in [0.3, 0.4) is 0 Å². The molecule has 2 rings (SSSR count). The molecule has 3 atom stereocenters. The van der Waals surface area contributed by atoms with Crippen LogP contribution in [0.25, 0.3) is 0 Å². The molecule has 0 fully saturated rings. The standard InChI is InChI=1S/C13H17BrO3/c1-8(7-16-2)12-6-11(15)10-4-3-9(14)5-13(10)17-12/h3-5,8,11-12,15H,6-7H2,1-2H3/t8?,11-,12?/m0/s1. The van der Waals surface area contributed by atoms with Crippen LogP contribution in [-0.2, 0) is 4.74 Å². The van der Waals surface area contributed by atoms with Gasteiger partial charge in [0, 0.05) is 29.5 Å². The topological polar surface area (TPSA) is 38.7 Å². The van der Waals surface area contributed by atoms with E-state index in [9.17, 15) is 5.11 Å². The third-order valence-electron chi connectivity index (χ3n) is 3.13. The van der Waals surface area contributed by atoms with Gasteiger partial charge in [0.05, 0.1) is 12.7 Å². The lowest BCUT2D eigenvalue weighted by Gasteiger charge is -2.33. The number of halogens is 1. The molecule has 0 saturated heterocycles. The maximum atomic E-state index is 10.1. The monoisotopic (exact) mass is 300 g/mol. The Morgan fingerprint density at radius 2 is 2.35 bits per heavy atom. The molecule has 0 spiro atoms. The minimum absolute atomic E-state index is 0.00625. The highest BCUT2D eigenvalue weighted by atomic mass is 79.9. The Labute approximate surface area is 110 Å². The molecule has 0 amide bonds. The summed E-state index contributed by atoms with van der Waals surface area (Å²) < 4.78 is 12.0. The number of aliphatic hydroxyl groups is 1. The van der Waals surface area contributed by atoms with Gasteiger partial charge in [0.25, 0.3) is 0 Å². The van der Waals surface area contributed by atoms with Crippen LogP contribution in [0.1, 0.15) is 25.0 Å². The van der Waals surface area contributed by atoms with Gasteiger partial charge in [0.2, 0.25) is 0 Å². The number of benzene rings is 1. The number of rotatable bonds is 3. The van der Waals surface area contributed by atoms with Gasteiger partial charge in [-0.25, -0.2) is 0 Å². The number of methoxy groups -OCH3 is 1. The third kappa shape index (κ3) is 2.81. The predicted octanol–water partition coefficient (Wildman–Crippen LogP) is 2.92. The summed E-state index contributed by atoms with van der Waals surface area (Å²) in [6.07, 6.45) is 0.182. The van der Waals surface area contributed by atoms with Crippen molar-refractivity contribution in [3.05, 3.63) is 28.2 Å². The van der Waals surface area contributed by atoms with Crippen molar-refractivity contribution < 1.29 is 14.6 Å². The molecule has 17 heavy (non-hydrogen) atoms. The summed E-state index contributed by atoms with van der Waals surface area (Å²) in [5.74, 6) is 1.04. The van der Waals surface area contributed by atoms with Gasteiger partial charge in [-0.2, -0.15) is 0 Å². The normalized spacial score (nSPS) is 24.9. The van der Waals surface area contributed by atoms with E-state index >= 15 is 0 Å². The number of fused-ring (bicyclic) bond motifs is 1. The fourth-order valence-corrected chi connectivity index (χ4v) is 2.50. The van der Waals surface area contributed by atoms with Crippen molar-refractivity contribution in [3.63, 3.8) is 0 Å². The van der Waals surface area contributed by atoms with Crippen molar-refractivity contribution in [2.24, 2.45) is 5.92 Å². The van der Waals surface area contributed by atoms with Gasteiger partial charge in [-0.05, 0) is 12.1 Å². The lowest BCUT2D eigenvalue weighted by molar-refractivity contribution is 0.0136. The van der Waals surface area contributed by atoms with Gasteiger partial charge >= 0.3 is 0 Å². The summed E-state index contributed by atoms with van der Waals surface area (Å²) in [5.41, 5.74) is 0.870. The van der Waals surface area contributed by atoms with Crippen LogP contribution in [-0.4, -0.2) is 24.9 Å². The van der Waals surface area contributed by atoms with Gasteiger partial charge in [-0.1, -0.05) is 28.9 Å². The van der Waals surface area contributed by atoms with Gasteiger partial charge in [-0.15, -0.1) is 0 Å². The zero-order chi connectivity index (χ0) is 12.4. The number of ether oxygens (including phenoxy) is 2. The van der Waals surface area contributed by atoms with Crippen molar-refractivity contribution in [3.8, 4) is 5.75 Å². The summed E-state index contributed by atoms with van der Waals surface area (Å²) in [5, 5.41) is 10.1. The Morgan fingerprint density at radius 3 is 3.06 bits per heavy atom. The first-order valence-corrected chi connectivity index (χ1v) is 6.54. The first kappa shape index (κ1) is 12.9. The molecule has 1 aliphatic heterocycles. The van der Waals surface area contributed by atoms with E-state index in [1.54, 1.807) is 7.11 Å². The number of hydrogen-bond acceptors (Lipinski definition) is 3. The van der Waals surface area contributed by atoms with Crippen molar-refractivity contribution in [1.29, 1.82) is 0 Å². The van der Waals surface area contributed by atoms with Crippen LogP contribution in [0.2, 0.25) is 0 Å². The summed E-state index contributed by atoms with van der Waals surface area (Å²) in [6.45, 7) is 2.71. The Bertz CT molecular complexity index is 394. The Balaban J connectivity index is 2.19. The quantitative estimate of drug-likeness (QED) is 0.933. The van der Waals surface area contributed by atoms with Crippen LogP contribution in [0.15, 0.2) is 22.7 Å². The molecule has 94 valence electrons. The summed E-state index contributed by atoms with van der Waals surface area (Å²) in [7, 11) is 1.68. The van der Waals surface area contributed by atoms with Gasteiger partial charge < -0.3 is 14.6 Å². The van der Waals surface area contributed by atoms with Gasteiger partial charge in [-0.3, -0.25) is 0 Å². The molecule has 2 unspecified atom stereocenters. The van der Waals surface area contributed by atoms with E-state index < -0.39 is 6.10 Å². The summed E-state index contributed by atoms with van der Waals surface area (Å²) in [4.78, 5) is 0. The highest BCUT2D eigenvalue weighted by Crippen LogP contribution is 2.38. The third-order valence-corrected chi connectivity index (χ3v) is 3.63.